The van der Waals surface area contributed by atoms with Crippen LogP contribution in [0.4, 0.5) is 0 Å². The Bertz CT molecular complexity index is 827. The topological polar surface area (TPSA) is 33.2 Å². The first-order chi connectivity index (χ1) is 10.6. The standard InChI is InChI=1S/C18H15ClN2O/c1-21(12-13-5-4-6-14(19)11-13)18(22)16-9-10-20-17-8-3-2-7-15(16)17/h2-11H,12H2,1H3. The van der Waals surface area contributed by atoms with E-state index in [4.69, 9.17) is 11.6 Å². The molecule has 22 heavy (non-hydrogen) atoms. The van der Waals surface area contributed by atoms with E-state index in [1.807, 2.05) is 48.5 Å². The fourth-order valence-electron chi connectivity index (χ4n) is 2.47. The van der Waals surface area contributed by atoms with Crippen molar-refractivity contribution in [2.45, 2.75) is 6.54 Å². The van der Waals surface area contributed by atoms with Crippen LogP contribution in [-0.2, 0) is 6.54 Å². The quantitative estimate of drug-likeness (QED) is 0.727. The number of rotatable bonds is 3. The molecule has 0 unspecified atom stereocenters. The summed E-state index contributed by atoms with van der Waals surface area (Å²) in [5.74, 6) is -0.0291. The van der Waals surface area contributed by atoms with Crippen molar-refractivity contribution in [3.8, 4) is 0 Å². The number of carbonyl (C=O) groups is 1. The highest BCUT2D eigenvalue weighted by Gasteiger charge is 2.15. The fraction of sp³-hybridized carbons (Fsp3) is 0.111. The zero-order chi connectivity index (χ0) is 15.5. The summed E-state index contributed by atoms with van der Waals surface area (Å²) in [5, 5.41) is 1.54. The zero-order valence-corrected chi connectivity index (χ0v) is 12.9. The van der Waals surface area contributed by atoms with Gasteiger partial charge in [0.25, 0.3) is 5.91 Å². The van der Waals surface area contributed by atoms with E-state index >= 15 is 0 Å². The summed E-state index contributed by atoms with van der Waals surface area (Å²) in [6.45, 7) is 0.510. The van der Waals surface area contributed by atoms with Crippen molar-refractivity contribution in [1.82, 2.24) is 9.88 Å². The van der Waals surface area contributed by atoms with Crippen LogP contribution in [0.15, 0.2) is 60.8 Å². The van der Waals surface area contributed by atoms with Gasteiger partial charge in [-0.2, -0.15) is 0 Å². The van der Waals surface area contributed by atoms with E-state index in [9.17, 15) is 4.79 Å². The van der Waals surface area contributed by atoms with Gasteiger partial charge in [-0.1, -0.05) is 41.9 Å². The summed E-state index contributed by atoms with van der Waals surface area (Å²) in [6, 6.07) is 17.0. The van der Waals surface area contributed by atoms with E-state index in [0.29, 0.717) is 17.1 Å². The Morgan fingerprint density at radius 2 is 1.95 bits per heavy atom. The normalized spacial score (nSPS) is 10.6. The van der Waals surface area contributed by atoms with Crippen molar-refractivity contribution in [1.29, 1.82) is 0 Å². The molecule has 0 fully saturated rings. The Labute approximate surface area is 134 Å². The molecule has 3 rings (SSSR count). The van der Waals surface area contributed by atoms with Gasteiger partial charge >= 0.3 is 0 Å². The molecular formula is C18H15ClN2O. The molecule has 0 atom stereocenters. The van der Waals surface area contributed by atoms with Crippen LogP contribution < -0.4 is 0 Å². The molecule has 0 bridgehead atoms. The average molecular weight is 311 g/mol. The third-order valence-corrected chi connectivity index (χ3v) is 3.77. The minimum Gasteiger partial charge on any atom is -0.337 e. The Morgan fingerprint density at radius 1 is 1.14 bits per heavy atom. The van der Waals surface area contributed by atoms with Crippen molar-refractivity contribution in [3.63, 3.8) is 0 Å². The molecule has 1 heterocycles. The lowest BCUT2D eigenvalue weighted by Crippen LogP contribution is -2.26. The summed E-state index contributed by atoms with van der Waals surface area (Å²) >= 11 is 5.99. The molecule has 0 aliphatic carbocycles. The Balaban J connectivity index is 1.89. The second-order valence-corrected chi connectivity index (χ2v) is 5.60. The van der Waals surface area contributed by atoms with E-state index in [1.54, 1.807) is 24.2 Å². The number of hydrogen-bond donors (Lipinski definition) is 0. The Kier molecular flexibility index (Phi) is 4.07. The first-order valence-electron chi connectivity index (χ1n) is 6.99. The van der Waals surface area contributed by atoms with Crippen LogP contribution in [-0.4, -0.2) is 22.8 Å². The number of fused-ring (bicyclic) bond motifs is 1. The summed E-state index contributed by atoms with van der Waals surface area (Å²) in [4.78, 5) is 18.7. The summed E-state index contributed by atoms with van der Waals surface area (Å²) < 4.78 is 0. The minimum atomic E-state index is -0.0291. The molecule has 3 aromatic rings. The predicted molar refractivity (Wildman–Crippen MR) is 89.0 cm³/mol. The molecule has 0 N–H and O–H groups in total. The van der Waals surface area contributed by atoms with Crippen LogP contribution in [0.5, 0.6) is 0 Å². The van der Waals surface area contributed by atoms with E-state index in [1.165, 1.54) is 0 Å². The third kappa shape index (κ3) is 2.95. The third-order valence-electron chi connectivity index (χ3n) is 3.53. The van der Waals surface area contributed by atoms with E-state index in [0.717, 1.165) is 16.5 Å². The number of nitrogens with zero attached hydrogens (tertiary/aromatic N) is 2. The first kappa shape index (κ1) is 14.5. The van der Waals surface area contributed by atoms with Gasteiger partial charge in [-0.25, -0.2) is 0 Å². The van der Waals surface area contributed by atoms with Gasteiger partial charge in [0.15, 0.2) is 0 Å². The van der Waals surface area contributed by atoms with Crippen molar-refractivity contribution < 1.29 is 4.79 Å². The number of halogens is 1. The molecule has 4 heteroatoms. The number of carbonyl (C=O) groups excluding carboxylic acids is 1. The summed E-state index contributed by atoms with van der Waals surface area (Å²) in [5.41, 5.74) is 2.49. The van der Waals surface area contributed by atoms with Crippen LogP contribution >= 0.6 is 11.6 Å². The molecule has 0 aliphatic heterocycles. The fourth-order valence-corrected chi connectivity index (χ4v) is 2.68. The van der Waals surface area contributed by atoms with Gasteiger partial charge in [0, 0.05) is 30.2 Å². The lowest BCUT2D eigenvalue weighted by atomic mass is 10.1. The monoisotopic (exact) mass is 310 g/mol. The number of hydrogen-bond acceptors (Lipinski definition) is 2. The van der Waals surface area contributed by atoms with Gasteiger partial charge in [-0.05, 0) is 29.8 Å². The average Bonchev–Trinajstić information content (AvgIpc) is 2.53. The van der Waals surface area contributed by atoms with Gasteiger partial charge < -0.3 is 4.90 Å². The number of benzene rings is 2. The minimum absolute atomic E-state index is 0.0291. The maximum absolute atomic E-state index is 12.7. The van der Waals surface area contributed by atoms with Crippen LogP contribution in [0.2, 0.25) is 5.02 Å². The van der Waals surface area contributed by atoms with Crippen molar-refractivity contribution in [3.05, 3.63) is 76.9 Å². The molecular weight excluding hydrogens is 296 g/mol. The molecule has 1 aromatic heterocycles. The van der Waals surface area contributed by atoms with Gasteiger partial charge in [0.1, 0.15) is 0 Å². The van der Waals surface area contributed by atoms with Crippen molar-refractivity contribution in [2.75, 3.05) is 7.05 Å². The van der Waals surface area contributed by atoms with E-state index in [2.05, 4.69) is 4.98 Å². The highest BCUT2D eigenvalue weighted by Crippen LogP contribution is 2.19. The molecule has 110 valence electrons. The lowest BCUT2D eigenvalue weighted by Gasteiger charge is -2.18. The molecule has 0 aliphatic rings. The van der Waals surface area contributed by atoms with Crippen molar-refractivity contribution in [2.24, 2.45) is 0 Å². The van der Waals surface area contributed by atoms with Gasteiger partial charge in [-0.3, -0.25) is 9.78 Å². The highest BCUT2D eigenvalue weighted by atomic mass is 35.5. The molecule has 0 spiro atoms. The SMILES string of the molecule is CN(Cc1cccc(Cl)c1)C(=O)c1ccnc2ccccc12. The second kappa shape index (κ2) is 6.16. The van der Waals surface area contributed by atoms with Crippen LogP contribution in [0, 0.1) is 0 Å². The van der Waals surface area contributed by atoms with E-state index < -0.39 is 0 Å². The molecule has 1 amide bonds. The smallest absolute Gasteiger partial charge is 0.254 e. The number of pyridine rings is 1. The Morgan fingerprint density at radius 3 is 2.77 bits per heavy atom. The van der Waals surface area contributed by atoms with E-state index in [-0.39, 0.29) is 5.91 Å². The summed E-state index contributed by atoms with van der Waals surface area (Å²) in [6.07, 6.45) is 1.67. The number of amides is 1. The summed E-state index contributed by atoms with van der Waals surface area (Å²) in [7, 11) is 1.79. The van der Waals surface area contributed by atoms with Crippen LogP contribution in [0.1, 0.15) is 15.9 Å². The van der Waals surface area contributed by atoms with Crippen LogP contribution in [0.3, 0.4) is 0 Å². The molecule has 2 aromatic carbocycles. The molecule has 0 saturated heterocycles. The second-order valence-electron chi connectivity index (χ2n) is 5.17. The molecule has 3 nitrogen and oxygen atoms in total. The van der Waals surface area contributed by atoms with Gasteiger partial charge in [-0.15, -0.1) is 0 Å². The number of para-hydroxylation sites is 1. The first-order valence-corrected chi connectivity index (χ1v) is 7.36. The highest BCUT2D eigenvalue weighted by molar-refractivity contribution is 6.30. The number of aromatic nitrogens is 1. The lowest BCUT2D eigenvalue weighted by molar-refractivity contribution is 0.0787. The maximum Gasteiger partial charge on any atom is 0.254 e. The molecule has 0 saturated carbocycles. The van der Waals surface area contributed by atoms with Gasteiger partial charge in [0.05, 0.1) is 11.1 Å². The van der Waals surface area contributed by atoms with Gasteiger partial charge in [0.2, 0.25) is 0 Å². The Hall–Kier alpha value is -2.39. The van der Waals surface area contributed by atoms with Crippen LogP contribution in [0.25, 0.3) is 10.9 Å². The predicted octanol–water partition coefficient (Wildman–Crippen LogP) is 4.16. The largest absolute Gasteiger partial charge is 0.337 e. The zero-order valence-electron chi connectivity index (χ0n) is 12.2. The maximum atomic E-state index is 12.7. The van der Waals surface area contributed by atoms with Crippen molar-refractivity contribution >= 4 is 28.4 Å². The molecule has 0 radical (unpaired) electrons.